The van der Waals surface area contributed by atoms with Crippen molar-refractivity contribution in [3.63, 3.8) is 0 Å². The van der Waals surface area contributed by atoms with Gasteiger partial charge in [-0.2, -0.15) is 0 Å². The molecule has 7 heteroatoms. The third-order valence-electron chi connectivity index (χ3n) is 4.47. The van der Waals surface area contributed by atoms with Crippen molar-refractivity contribution in [2.75, 3.05) is 0 Å². The molecule has 2 N–H and O–H groups in total. The Hall–Kier alpha value is -2.64. The number of rotatable bonds is 7. The van der Waals surface area contributed by atoms with E-state index in [9.17, 15) is 14.7 Å². The van der Waals surface area contributed by atoms with Gasteiger partial charge in [0.25, 0.3) is 5.91 Å². The average molecular weight is 428 g/mol. The minimum atomic E-state index is -0.183. The van der Waals surface area contributed by atoms with Crippen LogP contribution in [0.1, 0.15) is 47.3 Å². The first kappa shape index (κ1) is 21.1. The molecule has 1 saturated heterocycles. The Morgan fingerprint density at radius 2 is 1.97 bits per heavy atom. The predicted molar refractivity (Wildman–Crippen MR) is 119 cm³/mol. The van der Waals surface area contributed by atoms with Crippen LogP contribution in [0, 0.1) is 0 Å². The summed E-state index contributed by atoms with van der Waals surface area (Å²) in [5.41, 5.74) is 2.81. The Labute approximate surface area is 179 Å². The monoisotopic (exact) mass is 427 g/mol. The highest BCUT2D eigenvalue weighted by Crippen LogP contribution is 2.29. The van der Waals surface area contributed by atoms with Crippen molar-refractivity contribution in [1.29, 1.82) is 0 Å². The highest BCUT2D eigenvalue weighted by atomic mass is 32.2. The summed E-state index contributed by atoms with van der Waals surface area (Å²) in [6.45, 7) is 3.75. The molecule has 0 saturated carbocycles. The van der Waals surface area contributed by atoms with Crippen molar-refractivity contribution in [2.24, 2.45) is 0 Å². The van der Waals surface area contributed by atoms with Gasteiger partial charge < -0.3 is 15.2 Å². The summed E-state index contributed by atoms with van der Waals surface area (Å²) in [5, 5.41) is 13.0. The molecule has 0 aliphatic carbocycles. The van der Waals surface area contributed by atoms with Crippen LogP contribution in [0.5, 0.6) is 11.5 Å². The number of benzene rings is 2. The molecule has 0 spiro atoms. The van der Waals surface area contributed by atoms with Gasteiger partial charge in [0.2, 0.25) is 0 Å². The summed E-state index contributed by atoms with van der Waals surface area (Å²) in [7, 11) is 0. The number of aromatic hydroxyl groups is 1. The van der Waals surface area contributed by atoms with Crippen molar-refractivity contribution < 1.29 is 19.4 Å². The van der Waals surface area contributed by atoms with Crippen LogP contribution in [0.25, 0.3) is 6.08 Å². The average Bonchev–Trinajstić information content (AvgIpc) is 3.00. The van der Waals surface area contributed by atoms with E-state index in [1.807, 2.05) is 37.3 Å². The van der Waals surface area contributed by atoms with Gasteiger partial charge in [0, 0.05) is 5.56 Å². The van der Waals surface area contributed by atoms with Gasteiger partial charge in [0.05, 0.1) is 10.5 Å². The summed E-state index contributed by atoms with van der Waals surface area (Å²) in [6, 6.07) is 10.8. The summed E-state index contributed by atoms with van der Waals surface area (Å²) >= 11 is 6.23. The van der Waals surface area contributed by atoms with Crippen molar-refractivity contribution in [3.8, 4) is 11.5 Å². The van der Waals surface area contributed by atoms with E-state index in [-0.39, 0.29) is 24.0 Å². The molecule has 1 amide bonds. The van der Waals surface area contributed by atoms with E-state index in [4.69, 9.17) is 17.0 Å². The SMILES string of the molecule is CCCc1c(COc2ccc(/C=C3/SC(=S)NC3=O)cc2)ccc(C(C)=O)c1O. The smallest absolute Gasteiger partial charge is 0.263 e. The number of hydrogen-bond acceptors (Lipinski definition) is 6. The van der Waals surface area contributed by atoms with Crippen molar-refractivity contribution >= 4 is 46.1 Å². The molecule has 0 bridgehead atoms. The highest BCUT2D eigenvalue weighted by Gasteiger charge is 2.21. The molecular weight excluding hydrogens is 406 g/mol. The maximum absolute atomic E-state index is 11.7. The number of carbonyl (C=O) groups is 2. The number of ketones is 1. The minimum absolute atomic E-state index is 0.0488. The normalized spacial score (nSPS) is 14.9. The van der Waals surface area contributed by atoms with Gasteiger partial charge in [0.15, 0.2) is 5.78 Å². The fraction of sp³-hybridized carbons (Fsp3) is 0.227. The lowest BCUT2D eigenvalue weighted by molar-refractivity contribution is -0.115. The molecule has 0 atom stereocenters. The van der Waals surface area contributed by atoms with Crippen LogP contribution >= 0.6 is 24.0 Å². The molecule has 0 unspecified atom stereocenters. The van der Waals surface area contributed by atoms with Gasteiger partial charge >= 0.3 is 0 Å². The lowest BCUT2D eigenvalue weighted by Crippen LogP contribution is -2.17. The topological polar surface area (TPSA) is 75.6 Å². The van der Waals surface area contributed by atoms with Crippen LogP contribution in [0.15, 0.2) is 41.3 Å². The minimum Gasteiger partial charge on any atom is -0.507 e. The molecule has 3 rings (SSSR count). The van der Waals surface area contributed by atoms with Gasteiger partial charge in [-0.3, -0.25) is 9.59 Å². The Morgan fingerprint density at radius 3 is 2.55 bits per heavy atom. The van der Waals surface area contributed by atoms with Crippen LogP contribution in [0.3, 0.4) is 0 Å². The molecule has 29 heavy (non-hydrogen) atoms. The lowest BCUT2D eigenvalue weighted by atomic mass is 9.97. The highest BCUT2D eigenvalue weighted by molar-refractivity contribution is 8.26. The quantitative estimate of drug-likeness (QED) is 0.382. The van der Waals surface area contributed by atoms with E-state index >= 15 is 0 Å². The lowest BCUT2D eigenvalue weighted by Gasteiger charge is -2.14. The zero-order valence-electron chi connectivity index (χ0n) is 16.2. The molecule has 1 heterocycles. The number of ether oxygens (including phenoxy) is 1. The molecule has 0 aromatic heterocycles. The summed E-state index contributed by atoms with van der Waals surface area (Å²) < 4.78 is 6.34. The number of Topliss-reactive ketones (excluding diaryl/α,β-unsaturated/α-hetero) is 1. The molecule has 150 valence electrons. The summed E-state index contributed by atoms with van der Waals surface area (Å²) in [6.07, 6.45) is 3.29. The van der Waals surface area contributed by atoms with E-state index in [0.717, 1.165) is 23.1 Å². The van der Waals surface area contributed by atoms with Gasteiger partial charge in [-0.15, -0.1) is 0 Å². The molecule has 1 aliphatic rings. The van der Waals surface area contributed by atoms with Gasteiger partial charge in [-0.1, -0.05) is 55.5 Å². The maximum Gasteiger partial charge on any atom is 0.263 e. The second kappa shape index (κ2) is 9.24. The summed E-state index contributed by atoms with van der Waals surface area (Å²) in [4.78, 5) is 24.0. The van der Waals surface area contributed by atoms with E-state index in [1.54, 1.807) is 12.1 Å². The number of carbonyl (C=O) groups excluding carboxylic acids is 2. The van der Waals surface area contributed by atoms with E-state index in [1.165, 1.54) is 18.7 Å². The van der Waals surface area contributed by atoms with Crippen LogP contribution < -0.4 is 10.1 Å². The number of phenols is 1. The zero-order chi connectivity index (χ0) is 21.0. The second-order valence-electron chi connectivity index (χ2n) is 6.62. The first-order chi connectivity index (χ1) is 13.9. The zero-order valence-corrected chi connectivity index (χ0v) is 17.8. The van der Waals surface area contributed by atoms with Gasteiger partial charge in [-0.25, -0.2) is 0 Å². The van der Waals surface area contributed by atoms with E-state index < -0.39 is 0 Å². The number of phenolic OH excluding ortho intramolecular Hbond substituents is 1. The molecule has 1 fully saturated rings. The van der Waals surface area contributed by atoms with Gasteiger partial charge in [-0.05, 0) is 48.7 Å². The predicted octanol–water partition coefficient (Wildman–Crippen LogP) is 4.62. The maximum atomic E-state index is 11.7. The Bertz CT molecular complexity index is 997. The van der Waals surface area contributed by atoms with Crippen LogP contribution in [0.4, 0.5) is 0 Å². The van der Waals surface area contributed by atoms with Crippen LogP contribution in [0.2, 0.25) is 0 Å². The molecule has 5 nitrogen and oxygen atoms in total. The summed E-state index contributed by atoms with van der Waals surface area (Å²) in [5.74, 6) is 0.376. The number of amides is 1. The number of thioether (sulfide) groups is 1. The van der Waals surface area contributed by atoms with E-state index in [2.05, 4.69) is 5.32 Å². The first-order valence-electron chi connectivity index (χ1n) is 9.21. The Balaban J connectivity index is 1.72. The fourth-order valence-electron chi connectivity index (χ4n) is 3.02. The molecule has 0 radical (unpaired) electrons. The Morgan fingerprint density at radius 1 is 1.24 bits per heavy atom. The largest absolute Gasteiger partial charge is 0.507 e. The second-order valence-corrected chi connectivity index (χ2v) is 8.33. The third kappa shape index (κ3) is 5.05. The number of hydrogen-bond donors (Lipinski definition) is 2. The molecule has 2 aromatic rings. The first-order valence-corrected chi connectivity index (χ1v) is 10.4. The van der Waals surface area contributed by atoms with Crippen LogP contribution in [-0.2, 0) is 17.8 Å². The standard InChI is InChI=1S/C22H21NO4S2/c1-3-4-18-15(7-10-17(13(2)24)20(18)25)12-27-16-8-5-14(6-9-16)11-19-21(26)23-22(28)29-19/h5-11,25H,3-4,12H2,1-2H3,(H,23,26,28)/b19-11+. The number of nitrogens with one attached hydrogen (secondary N) is 1. The van der Waals surface area contributed by atoms with Crippen LogP contribution in [-0.4, -0.2) is 21.1 Å². The van der Waals surface area contributed by atoms with Crippen molar-refractivity contribution in [3.05, 3.63) is 63.6 Å². The fourth-order valence-corrected chi connectivity index (χ4v) is 4.06. The molecule has 1 aliphatic heterocycles. The van der Waals surface area contributed by atoms with E-state index in [0.29, 0.717) is 27.0 Å². The van der Waals surface area contributed by atoms with Crippen molar-refractivity contribution in [1.82, 2.24) is 5.32 Å². The number of thiocarbonyl (C=S) groups is 1. The van der Waals surface area contributed by atoms with Crippen molar-refractivity contribution in [2.45, 2.75) is 33.3 Å². The molecule has 2 aromatic carbocycles. The third-order valence-corrected chi connectivity index (χ3v) is 5.64. The Kier molecular flexibility index (Phi) is 6.71. The van der Waals surface area contributed by atoms with Gasteiger partial charge in [0.1, 0.15) is 22.4 Å². The molecular formula is C22H21NO4S2.